The first-order chi connectivity index (χ1) is 10.1. The van der Waals surface area contributed by atoms with E-state index in [4.69, 9.17) is 0 Å². The van der Waals surface area contributed by atoms with Crippen LogP contribution in [0.1, 0.15) is 41.0 Å². The minimum Gasteiger partial charge on any atom is -0.294 e. The van der Waals surface area contributed by atoms with Gasteiger partial charge in [-0.3, -0.25) is 9.59 Å². The summed E-state index contributed by atoms with van der Waals surface area (Å²) in [7, 11) is 0. The number of ketones is 2. The van der Waals surface area contributed by atoms with Crippen molar-refractivity contribution in [1.29, 1.82) is 0 Å². The van der Waals surface area contributed by atoms with Gasteiger partial charge in [0.25, 0.3) is 0 Å². The molecule has 0 radical (unpaired) electrons. The SMILES string of the molecule is CCC(=O)c1ccc(SC(C)C(=O)c2ccccc2)cc1. The van der Waals surface area contributed by atoms with Gasteiger partial charge in [0.2, 0.25) is 0 Å². The summed E-state index contributed by atoms with van der Waals surface area (Å²) in [5.74, 6) is 0.259. The van der Waals surface area contributed by atoms with Gasteiger partial charge < -0.3 is 0 Å². The summed E-state index contributed by atoms with van der Waals surface area (Å²) >= 11 is 1.51. The molecule has 0 saturated carbocycles. The number of hydrogen-bond acceptors (Lipinski definition) is 3. The molecule has 0 amide bonds. The van der Waals surface area contributed by atoms with Crippen LogP contribution >= 0.6 is 11.8 Å². The van der Waals surface area contributed by atoms with Crippen molar-refractivity contribution in [3.8, 4) is 0 Å². The molecule has 0 N–H and O–H groups in total. The molecule has 0 aliphatic carbocycles. The van der Waals surface area contributed by atoms with Crippen LogP contribution in [0.25, 0.3) is 0 Å². The van der Waals surface area contributed by atoms with Crippen molar-refractivity contribution in [2.75, 3.05) is 0 Å². The zero-order valence-electron chi connectivity index (χ0n) is 12.2. The Balaban J connectivity index is 2.04. The molecule has 0 aliphatic rings. The first-order valence-corrected chi connectivity index (χ1v) is 7.89. The van der Waals surface area contributed by atoms with Crippen LogP contribution in [0.4, 0.5) is 0 Å². The molecule has 1 atom stereocenters. The quantitative estimate of drug-likeness (QED) is 0.575. The van der Waals surface area contributed by atoms with Crippen molar-refractivity contribution in [3.63, 3.8) is 0 Å². The second-order valence-corrected chi connectivity index (χ2v) is 6.21. The number of rotatable bonds is 6. The number of hydrogen-bond donors (Lipinski definition) is 0. The topological polar surface area (TPSA) is 34.1 Å². The summed E-state index contributed by atoms with van der Waals surface area (Å²) in [5.41, 5.74) is 1.46. The number of benzene rings is 2. The Bertz CT molecular complexity index is 617. The molecule has 0 heterocycles. The van der Waals surface area contributed by atoms with Crippen LogP contribution in [-0.2, 0) is 0 Å². The molecule has 0 bridgehead atoms. The number of thioether (sulfide) groups is 1. The van der Waals surface area contributed by atoms with Gasteiger partial charge in [0, 0.05) is 22.4 Å². The fourth-order valence-electron chi connectivity index (χ4n) is 2.02. The third-order valence-electron chi connectivity index (χ3n) is 3.24. The van der Waals surface area contributed by atoms with E-state index in [2.05, 4.69) is 0 Å². The molecule has 0 aliphatic heterocycles. The molecule has 0 spiro atoms. The minimum atomic E-state index is -0.153. The lowest BCUT2D eigenvalue weighted by Gasteiger charge is -2.10. The van der Waals surface area contributed by atoms with Crippen LogP contribution in [0.3, 0.4) is 0 Å². The van der Waals surface area contributed by atoms with E-state index in [1.807, 2.05) is 68.4 Å². The van der Waals surface area contributed by atoms with Gasteiger partial charge in [-0.1, -0.05) is 49.4 Å². The molecule has 2 nitrogen and oxygen atoms in total. The number of Topliss-reactive ketones (excluding diaryl/α,β-unsaturated/α-hetero) is 2. The lowest BCUT2D eigenvalue weighted by Crippen LogP contribution is -2.13. The Hall–Kier alpha value is -1.87. The van der Waals surface area contributed by atoms with Crippen LogP contribution in [0.2, 0.25) is 0 Å². The Morgan fingerprint density at radius 3 is 2.14 bits per heavy atom. The summed E-state index contributed by atoms with van der Waals surface area (Å²) in [6.45, 7) is 3.76. The smallest absolute Gasteiger partial charge is 0.175 e. The fourth-order valence-corrected chi connectivity index (χ4v) is 2.96. The number of carbonyl (C=O) groups is 2. The fraction of sp³-hybridized carbons (Fsp3) is 0.222. The predicted octanol–water partition coefficient (Wildman–Crippen LogP) is 4.64. The third kappa shape index (κ3) is 4.05. The van der Waals surface area contributed by atoms with Gasteiger partial charge in [-0.25, -0.2) is 0 Å². The second-order valence-electron chi connectivity index (χ2n) is 4.79. The lowest BCUT2D eigenvalue weighted by molar-refractivity contribution is 0.0982. The standard InChI is InChI=1S/C18H18O2S/c1-3-17(19)14-9-11-16(12-10-14)21-13(2)18(20)15-7-5-4-6-8-15/h4-13H,3H2,1-2H3. The van der Waals surface area contributed by atoms with Gasteiger partial charge in [0.05, 0.1) is 5.25 Å². The largest absolute Gasteiger partial charge is 0.294 e. The Kier molecular flexibility index (Phi) is 5.34. The summed E-state index contributed by atoms with van der Waals surface area (Å²) in [4.78, 5) is 24.9. The Labute approximate surface area is 129 Å². The predicted molar refractivity (Wildman–Crippen MR) is 87.2 cm³/mol. The van der Waals surface area contributed by atoms with Crippen LogP contribution in [0.5, 0.6) is 0 Å². The van der Waals surface area contributed by atoms with E-state index in [0.29, 0.717) is 6.42 Å². The maximum absolute atomic E-state index is 12.3. The Morgan fingerprint density at radius 2 is 1.57 bits per heavy atom. The highest BCUT2D eigenvalue weighted by Gasteiger charge is 2.16. The first-order valence-electron chi connectivity index (χ1n) is 7.01. The lowest BCUT2D eigenvalue weighted by atomic mass is 10.1. The van der Waals surface area contributed by atoms with Gasteiger partial charge in [0.15, 0.2) is 11.6 Å². The maximum atomic E-state index is 12.3. The van der Waals surface area contributed by atoms with E-state index in [1.165, 1.54) is 11.8 Å². The monoisotopic (exact) mass is 298 g/mol. The van der Waals surface area contributed by atoms with Crippen LogP contribution in [-0.4, -0.2) is 16.8 Å². The van der Waals surface area contributed by atoms with Crippen molar-refractivity contribution >= 4 is 23.3 Å². The molecule has 2 aromatic carbocycles. The highest BCUT2D eigenvalue weighted by Crippen LogP contribution is 2.26. The maximum Gasteiger partial charge on any atom is 0.175 e. The van der Waals surface area contributed by atoms with Crippen molar-refractivity contribution in [2.45, 2.75) is 30.4 Å². The molecule has 108 valence electrons. The van der Waals surface area contributed by atoms with E-state index in [1.54, 1.807) is 0 Å². The highest BCUT2D eigenvalue weighted by atomic mass is 32.2. The van der Waals surface area contributed by atoms with Gasteiger partial charge in [-0.15, -0.1) is 11.8 Å². The van der Waals surface area contributed by atoms with Gasteiger partial charge in [0.1, 0.15) is 0 Å². The molecule has 1 unspecified atom stereocenters. The minimum absolute atomic E-state index is 0.120. The third-order valence-corrected chi connectivity index (χ3v) is 4.35. The average molecular weight is 298 g/mol. The zero-order chi connectivity index (χ0) is 15.2. The number of carbonyl (C=O) groups excluding carboxylic acids is 2. The van der Waals surface area contributed by atoms with Gasteiger partial charge >= 0.3 is 0 Å². The first kappa shape index (κ1) is 15.5. The van der Waals surface area contributed by atoms with Crippen molar-refractivity contribution in [3.05, 3.63) is 65.7 Å². The van der Waals surface area contributed by atoms with Crippen molar-refractivity contribution in [2.24, 2.45) is 0 Å². The normalized spacial score (nSPS) is 11.9. The van der Waals surface area contributed by atoms with Gasteiger partial charge in [-0.05, 0) is 19.1 Å². The van der Waals surface area contributed by atoms with E-state index in [0.717, 1.165) is 16.0 Å². The summed E-state index contributed by atoms with van der Waals surface area (Å²) < 4.78 is 0. The highest BCUT2D eigenvalue weighted by molar-refractivity contribution is 8.00. The van der Waals surface area contributed by atoms with E-state index >= 15 is 0 Å². The molecule has 2 aromatic rings. The molecule has 3 heteroatoms. The molecule has 0 aromatic heterocycles. The molecule has 2 rings (SSSR count). The molecule has 0 fully saturated rings. The van der Waals surface area contributed by atoms with Gasteiger partial charge in [-0.2, -0.15) is 0 Å². The second kappa shape index (κ2) is 7.23. The molecule has 0 saturated heterocycles. The van der Waals surface area contributed by atoms with Crippen LogP contribution < -0.4 is 0 Å². The summed E-state index contributed by atoms with van der Waals surface area (Å²) in [6.07, 6.45) is 0.509. The van der Waals surface area contributed by atoms with E-state index in [9.17, 15) is 9.59 Å². The zero-order valence-corrected chi connectivity index (χ0v) is 13.0. The van der Waals surface area contributed by atoms with Crippen LogP contribution in [0.15, 0.2) is 59.5 Å². The van der Waals surface area contributed by atoms with Crippen molar-refractivity contribution in [1.82, 2.24) is 0 Å². The summed E-state index contributed by atoms with van der Waals surface area (Å²) in [5, 5.41) is -0.153. The average Bonchev–Trinajstić information content (AvgIpc) is 2.55. The summed E-state index contributed by atoms with van der Waals surface area (Å²) in [6, 6.07) is 16.8. The Morgan fingerprint density at radius 1 is 0.952 bits per heavy atom. The van der Waals surface area contributed by atoms with E-state index < -0.39 is 0 Å². The molecular weight excluding hydrogens is 280 g/mol. The van der Waals surface area contributed by atoms with E-state index in [-0.39, 0.29) is 16.8 Å². The van der Waals surface area contributed by atoms with Crippen LogP contribution in [0, 0.1) is 0 Å². The molecule has 21 heavy (non-hydrogen) atoms. The van der Waals surface area contributed by atoms with Crippen molar-refractivity contribution < 1.29 is 9.59 Å². The molecular formula is C18H18O2S.